The maximum Gasteiger partial charge on any atom is 0.260 e. The van der Waals surface area contributed by atoms with Crippen LogP contribution in [0, 0.1) is 11.3 Å². The van der Waals surface area contributed by atoms with Gasteiger partial charge >= 0.3 is 0 Å². The molecule has 0 fully saturated rings. The van der Waals surface area contributed by atoms with Crippen molar-refractivity contribution in [1.29, 1.82) is 5.26 Å². The van der Waals surface area contributed by atoms with Crippen LogP contribution in [0.25, 0.3) is 10.9 Å². The number of amides is 1. The first kappa shape index (κ1) is 15.1. The molecule has 2 aromatic rings. The quantitative estimate of drug-likeness (QED) is 0.851. The Morgan fingerprint density at radius 3 is 3.05 bits per heavy atom. The Labute approximate surface area is 127 Å². The predicted octanol–water partition coefficient (Wildman–Crippen LogP) is 2.64. The largest absolute Gasteiger partial charge is 0.481 e. The zero-order valence-electron chi connectivity index (χ0n) is 11.5. The average molecular weight is 304 g/mol. The lowest BCUT2D eigenvalue weighted by Gasteiger charge is -2.16. The highest BCUT2D eigenvalue weighted by Crippen LogP contribution is 2.29. The molecule has 21 heavy (non-hydrogen) atoms. The molecule has 0 saturated carbocycles. The SMILES string of the molecule is CN(CCC#N)C(=O)COc1ccc(Cl)c2cccnc12. The molecule has 1 amide bonds. The number of hydrogen-bond donors (Lipinski definition) is 0. The zero-order chi connectivity index (χ0) is 15.2. The first-order valence-corrected chi connectivity index (χ1v) is 6.78. The fourth-order valence-electron chi connectivity index (χ4n) is 1.82. The van der Waals surface area contributed by atoms with Crippen molar-refractivity contribution >= 4 is 28.4 Å². The van der Waals surface area contributed by atoms with Crippen LogP contribution in [0.15, 0.2) is 30.5 Å². The second kappa shape index (κ2) is 6.91. The van der Waals surface area contributed by atoms with E-state index in [-0.39, 0.29) is 12.5 Å². The molecular formula is C15H14ClN3O2. The number of halogens is 1. The number of likely N-dealkylation sites (N-methyl/N-ethyl adjacent to an activating group) is 1. The van der Waals surface area contributed by atoms with Gasteiger partial charge in [0.1, 0.15) is 11.3 Å². The summed E-state index contributed by atoms with van der Waals surface area (Å²) in [5, 5.41) is 9.87. The third kappa shape index (κ3) is 3.61. The molecular weight excluding hydrogens is 290 g/mol. The fraction of sp³-hybridized carbons (Fsp3) is 0.267. The Balaban J connectivity index is 2.09. The fourth-order valence-corrected chi connectivity index (χ4v) is 2.04. The number of rotatable bonds is 5. The summed E-state index contributed by atoms with van der Waals surface area (Å²) in [7, 11) is 1.64. The van der Waals surface area contributed by atoms with Gasteiger partial charge in [0.15, 0.2) is 6.61 Å². The molecule has 1 aromatic carbocycles. The number of nitriles is 1. The van der Waals surface area contributed by atoms with Crippen LogP contribution in [0.2, 0.25) is 5.02 Å². The van der Waals surface area contributed by atoms with E-state index in [2.05, 4.69) is 4.98 Å². The van der Waals surface area contributed by atoms with Gasteiger partial charge in [-0.15, -0.1) is 0 Å². The van der Waals surface area contributed by atoms with E-state index in [9.17, 15) is 4.79 Å². The van der Waals surface area contributed by atoms with Crippen LogP contribution in [0.5, 0.6) is 5.75 Å². The number of nitrogens with zero attached hydrogens (tertiary/aromatic N) is 3. The molecule has 1 heterocycles. The minimum absolute atomic E-state index is 0.102. The van der Waals surface area contributed by atoms with Crippen molar-refractivity contribution in [2.24, 2.45) is 0 Å². The van der Waals surface area contributed by atoms with Gasteiger partial charge in [0.05, 0.1) is 17.5 Å². The van der Waals surface area contributed by atoms with Gasteiger partial charge in [-0.1, -0.05) is 11.6 Å². The second-order valence-corrected chi connectivity index (χ2v) is 4.86. The molecule has 6 heteroatoms. The number of aromatic nitrogens is 1. The molecule has 0 aliphatic rings. The second-order valence-electron chi connectivity index (χ2n) is 4.46. The molecule has 0 aliphatic heterocycles. The molecule has 2 rings (SSSR count). The summed E-state index contributed by atoms with van der Waals surface area (Å²) in [4.78, 5) is 17.6. The number of carbonyl (C=O) groups excluding carboxylic acids is 1. The van der Waals surface area contributed by atoms with Crippen LogP contribution in [-0.4, -0.2) is 36.0 Å². The molecule has 0 spiro atoms. The van der Waals surface area contributed by atoms with Crippen LogP contribution in [-0.2, 0) is 4.79 Å². The highest BCUT2D eigenvalue weighted by molar-refractivity contribution is 6.35. The minimum Gasteiger partial charge on any atom is -0.481 e. The maximum atomic E-state index is 11.9. The molecule has 5 nitrogen and oxygen atoms in total. The molecule has 0 radical (unpaired) electrons. The summed E-state index contributed by atoms with van der Waals surface area (Å²) in [6.45, 7) is 0.285. The molecule has 0 saturated heterocycles. The van der Waals surface area contributed by atoms with E-state index in [0.29, 0.717) is 29.3 Å². The Hall–Kier alpha value is -2.32. The van der Waals surface area contributed by atoms with Gasteiger partial charge in [0.25, 0.3) is 5.91 Å². The summed E-state index contributed by atoms with van der Waals surface area (Å²) in [5.41, 5.74) is 0.623. The first-order chi connectivity index (χ1) is 10.1. The van der Waals surface area contributed by atoms with Crippen LogP contribution >= 0.6 is 11.6 Å². The third-order valence-corrected chi connectivity index (χ3v) is 3.34. The third-order valence-electron chi connectivity index (χ3n) is 3.02. The Morgan fingerprint density at radius 2 is 2.29 bits per heavy atom. The van der Waals surface area contributed by atoms with E-state index in [1.54, 1.807) is 31.4 Å². The maximum absolute atomic E-state index is 11.9. The van der Waals surface area contributed by atoms with E-state index in [1.807, 2.05) is 12.1 Å². The van der Waals surface area contributed by atoms with E-state index in [4.69, 9.17) is 21.6 Å². The summed E-state index contributed by atoms with van der Waals surface area (Å²) in [6, 6.07) is 9.04. The van der Waals surface area contributed by atoms with Gasteiger partial charge in [-0.3, -0.25) is 9.78 Å². The molecule has 0 unspecified atom stereocenters. The molecule has 1 aromatic heterocycles. The lowest BCUT2D eigenvalue weighted by molar-refractivity contribution is -0.131. The van der Waals surface area contributed by atoms with E-state index >= 15 is 0 Å². The molecule has 0 aliphatic carbocycles. The van der Waals surface area contributed by atoms with Crippen molar-refractivity contribution in [3.63, 3.8) is 0 Å². The van der Waals surface area contributed by atoms with E-state index < -0.39 is 0 Å². The van der Waals surface area contributed by atoms with Gasteiger partial charge in [-0.2, -0.15) is 5.26 Å². The molecule has 0 N–H and O–H groups in total. The Morgan fingerprint density at radius 1 is 1.48 bits per heavy atom. The van der Waals surface area contributed by atoms with Gasteiger partial charge < -0.3 is 9.64 Å². The molecule has 0 atom stereocenters. The summed E-state index contributed by atoms with van der Waals surface area (Å²) in [5.74, 6) is 0.321. The van der Waals surface area contributed by atoms with Gasteiger partial charge in [-0.05, 0) is 24.3 Å². The van der Waals surface area contributed by atoms with E-state index in [0.717, 1.165) is 5.39 Å². The number of fused-ring (bicyclic) bond motifs is 1. The first-order valence-electron chi connectivity index (χ1n) is 6.40. The number of benzene rings is 1. The van der Waals surface area contributed by atoms with Crippen molar-refractivity contribution in [2.45, 2.75) is 6.42 Å². The normalized spacial score (nSPS) is 10.1. The van der Waals surface area contributed by atoms with Crippen molar-refractivity contribution in [3.8, 4) is 11.8 Å². The lowest BCUT2D eigenvalue weighted by atomic mass is 10.2. The van der Waals surface area contributed by atoms with Crippen molar-refractivity contribution in [2.75, 3.05) is 20.2 Å². The van der Waals surface area contributed by atoms with Crippen LogP contribution in [0.1, 0.15) is 6.42 Å². The van der Waals surface area contributed by atoms with Crippen molar-refractivity contribution < 1.29 is 9.53 Å². The number of pyridine rings is 1. The van der Waals surface area contributed by atoms with Crippen LogP contribution in [0.4, 0.5) is 0 Å². The number of carbonyl (C=O) groups is 1. The highest BCUT2D eigenvalue weighted by atomic mass is 35.5. The van der Waals surface area contributed by atoms with E-state index in [1.165, 1.54) is 4.90 Å². The van der Waals surface area contributed by atoms with Gasteiger partial charge in [0, 0.05) is 25.2 Å². The zero-order valence-corrected chi connectivity index (χ0v) is 12.3. The Bertz CT molecular complexity index is 697. The highest BCUT2D eigenvalue weighted by Gasteiger charge is 2.12. The number of ether oxygens (including phenoxy) is 1. The Kier molecular flexibility index (Phi) is 4.96. The summed E-state index contributed by atoms with van der Waals surface area (Å²) < 4.78 is 5.54. The van der Waals surface area contributed by atoms with Gasteiger partial charge in [0.2, 0.25) is 0 Å². The predicted molar refractivity (Wildman–Crippen MR) is 80.1 cm³/mol. The van der Waals surface area contributed by atoms with Gasteiger partial charge in [-0.25, -0.2) is 0 Å². The lowest BCUT2D eigenvalue weighted by Crippen LogP contribution is -2.32. The minimum atomic E-state index is -0.190. The monoisotopic (exact) mass is 303 g/mol. The molecule has 0 bridgehead atoms. The topological polar surface area (TPSA) is 66.2 Å². The van der Waals surface area contributed by atoms with Crippen LogP contribution in [0.3, 0.4) is 0 Å². The number of hydrogen-bond acceptors (Lipinski definition) is 4. The standard InChI is InChI=1S/C15H14ClN3O2/c1-19(9-3-7-17)14(20)10-21-13-6-5-12(16)11-4-2-8-18-15(11)13/h2,4-6,8H,3,9-10H2,1H3. The smallest absolute Gasteiger partial charge is 0.260 e. The summed E-state index contributed by atoms with van der Waals surface area (Å²) in [6.07, 6.45) is 1.94. The summed E-state index contributed by atoms with van der Waals surface area (Å²) >= 11 is 6.10. The average Bonchev–Trinajstić information content (AvgIpc) is 2.52. The van der Waals surface area contributed by atoms with Crippen LogP contribution < -0.4 is 4.74 Å². The molecule has 108 valence electrons. The van der Waals surface area contributed by atoms with Crippen molar-refractivity contribution in [1.82, 2.24) is 9.88 Å². The van der Waals surface area contributed by atoms with Crippen molar-refractivity contribution in [3.05, 3.63) is 35.5 Å².